The van der Waals surface area contributed by atoms with Gasteiger partial charge in [0.1, 0.15) is 5.75 Å². The van der Waals surface area contributed by atoms with E-state index in [-0.39, 0.29) is 11.3 Å². The Morgan fingerprint density at radius 3 is 2.55 bits per heavy atom. The Labute approximate surface area is 170 Å². The van der Waals surface area contributed by atoms with Crippen LogP contribution in [0.15, 0.2) is 58.4 Å². The maximum atomic E-state index is 13.0. The Bertz CT molecular complexity index is 884. The number of carbonyl (C=O) groups excluding carboxylic acids is 2. The molecule has 0 fully saturated rings. The lowest BCUT2D eigenvalue weighted by molar-refractivity contribution is -0.857. The zero-order valence-electron chi connectivity index (χ0n) is 17.0. The van der Waals surface area contributed by atoms with Crippen molar-refractivity contribution < 1.29 is 28.7 Å². The van der Waals surface area contributed by atoms with Gasteiger partial charge in [-0.25, -0.2) is 0 Å². The molecule has 1 aliphatic heterocycles. The lowest BCUT2D eigenvalue weighted by Crippen LogP contribution is -3.06. The number of Topliss-reactive ketones (excluding diaryl/α,β-unsaturated/α-hetero) is 1. The van der Waals surface area contributed by atoms with Gasteiger partial charge in [-0.2, -0.15) is 0 Å². The van der Waals surface area contributed by atoms with E-state index in [2.05, 4.69) is 0 Å². The molecule has 29 heavy (non-hydrogen) atoms. The van der Waals surface area contributed by atoms with Crippen molar-refractivity contribution in [2.45, 2.75) is 19.4 Å². The lowest BCUT2D eigenvalue weighted by atomic mass is 9.95. The van der Waals surface area contributed by atoms with Gasteiger partial charge in [0.25, 0.3) is 5.91 Å². The number of aliphatic hydroxyl groups excluding tert-OH is 1. The molecule has 2 heterocycles. The number of quaternary nitrogens is 1. The van der Waals surface area contributed by atoms with Gasteiger partial charge in [-0.05, 0) is 36.2 Å². The van der Waals surface area contributed by atoms with E-state index in [0.29, 0.717) is 19.7 Å². The van der Waals surface area contributed by atoms with Crippen LogP contribution < -0.4 is 9.64 Å². The second-order valence-electron chi connectivity index (χ2n) is 7.34. The summed E-state index contributed by atoms with van der Waals surface area (Å²) < 4.78 is 10.9. The van der Waals surface area contributed by atoms with Gasteiger partial charge < -0.3 is 24.1 Å². The van der Waals surface area contributed by atoms with Crippen molar-refractivity contribution in [2.24, 2.45) is 0 Å². The number of ether oxygens (including phenoxy) is 1. The SMILES string of the molecule is CCCOc1ccc([C@H]2C(C(=O)c3ccco3)=C(O)C(=O)N2CC[NH+](C)C)cc1. The van der Waals surface area contributed by atoms with Crippen LogP contribution in [0.25, 0.3) is 0 Å². The first kappa shape index (κ1) is 20.7. The fourth-order valence-corrected chi connectivity index (χ4v) is 3.31. The van der Waals surface area contributed by atoms with Crippen LogP contribution in [0.4, 0.5) is 0 Å². The second kappa shape index (κ2) is 8.96. The molecule has 0 saturated heterocycles. The number of aliphatic hydroxyl groups is 1. The number of rotatable bonds is 9. The number of furan rings is 1. The first-order valence-corrected chi connectivity index (χ1v) is 9.78. The predicted molar refractivity (Wildman–Crippen MR) is 107 cm³/mol. The number of amides is 1. The van der Waals surface area contributed by atoms with E-state index in [0.717, 1.165) is 22.6 Å². The zero-order chi connectivity index (χ0) is 21.0. The molecule has 7 heteroatoms. The molecule has 0 saturated carbocycles. The third-order valence-corrected chi connectivity index (χ3v) is 4.81. The Morgan fingerprint density at radius 2 is 1.97 bits per heavy atom. The Morgan fingerprint density at radius 1 is 1.24 bits per heavy atom. The first-order valence-electron chi connectivity index (χ1n) is 9.78. The molecular weight excluding hydrogens is 372 g/mol. The van der Waals surface area contributed by atoms with Crippen molar-refractivity contribution in [3.05, 3.63) is 65.3 Å². The largest absolute Gasteiger partial charge is 0.503 e. The molecule has 0 aliphatic carbocycles. The number of likely N-dealkylation sites (N-methyl/N-ethyl adjacent to an activating group) is 1. The third kappa shape index (κ3) is 4.35. The lowest BCUT2D eigenvalue weighted by Gasteiger charge is -2.27. The summed E-state index contributed by atoms with van der Waals surface area (Å²) in [4.78, 5) is 28.5. The van der Waals surface area contributed by atoms with Crippen LogP contribution in [-0.2, 0) is 4.79 Å². The van der Waals surface area contributed by atoms with Crippen molar-refractivity contribution >= 4 is 11.7 Å². The molecule has 0 spiro atoms. The molecule has 0 bridgehead atoms. The standard InChI is InChI=1S/C22H26N2O5/c1-4-13-28-16-9-7-15(8-10-16)19-18(20(25)17-6-5-14-29-17)21(26)22(27)24(19)12-11-23(2)3/h5-10,14,19,26H,4,11-13H2,1-3H3/p+1/t19-/m0/s1. The van der Waals surface area contributed by atoms with Gasteiger partial charge in [-0.15, -0.1) is 0 Å². The molecule has 2 N–H and O–H groups in total. The van der Waals surface area contributed by atoms with Gasteiger partial charge >= 0.3 is 0 Å². The zero-order valence-corrected chi connectivity index (χ0v) is 17.0. The van der Waals surface area contributed by atoms with E-state index in [1.807, 2.05) is 45.3 Å². The van der Waals surface area contributed by atoms with E-state index in [1.165, 1.54) is 12.3 Å². The Balaban J connectivity index is 1.98. The molecule has 0 unspecified atom stereocenters. The van der Waals surface area contributed by atoms with Crippen molar-refractivity contribution in [3.8, 4) is 5.75 Å². The summed E-state index contributed by atoms with van der Waals surface area (Å²) in [5.41, 5.74) is 0.774. The number of nitrogens with one attached hydrogen (secondary N) is 1. The maximum absolute atomic E-state index is 13.0. The van der Waals surface area contributed by atoms with E-state index in [9.17, 15) is 14.7 Å². The minimum atomic E-state index is -0.681. The molecule has 1 atom stereocenters. The highest BCUT2D eigenvalue weighted by Crippen LogP contribution is 2.39. The van der Waals surface area contributed by atoms with Crippen LogP contribution in [0.1, 0.15) is 35.5 Å². The highest BCUT2D eigenvalue weighted by molar-refractivity contribution is 6.15. The molecule has 2 aromatic rings. The molecule has 1 aliphatic rings. The summed E-state index contributed by atoms with van der Waals surface area (Å²) in [6.45, 7) is 3.72. The third-order valence-electron chi connectivity index (χ3n) is 4.81. The van der Waals surface area contributed by atoms with Gasteiger partial charge in [-0.1, -0.05) is 19.1 Å². The fourth-order valence-electron chi connectivity index (χ4n) is 3.31. The minimum Gasteiger partial charge on any atom is -0.503 e. The monoisotopic (exact) mass is 399 g/mol. The molecular formula is C22H27N2O5+. The number of hydrogen-bond acceptors (Lipinski definition) is 5. The second-order valence-corrected chi connectivity index (χ2v) is 7.34. The number of ketones is 1. The van der Waals surface area contributed by atoms with Gasteiger partial charge in [-0.3, -0.25) is 9.59 Å². The fraction of sp³-hybridized carbons (Fsp3) is 0.364. The van der Waals surface area contributed by atoms with Gasteiger partial charge in [0.05, 0.1) is 51.7 Å². The Kier molecular flexibility index (Phi) is 6.39. The van der Waals surface area contributed by atoms with Crippen molar-refractivity contribution in [2.75, 3.05) is 33.8 Å². The summed E-state index contributed by atoms with van der Waals surface area (Å²) in [5, 5.41) is 10.6. The summed E-state index contributed by atoms with van der Waals surface area (Å²) in [6, 6.07) is 9.73. The van der Waals surface area contributed by atoms with E-state index in [4.69, 9.17) is 9.15 Å². The summed E-state index contributed by atoms with van der Waals surface area (Å²) in [5.74, 6) is -0.741. The van der Waals surface area contributed by atoms with Crippen molar-refractivity contribution in [1.29, 1.82) is 0 Å². The highest BCUT2D eigenvalue weighted by Gasteiger charge is 2.44. The van der Waals surface area contributed by atoms with E-state index in [1.54, 1.807) is 11.0 Å². The molecule has 3 rings (SSSR count). The Hall–Kier alpha value is -3.06. The van der Waals surface area contributed by atoms with Crippen LogP contribution in [-0.4, -0.2) is 55.5 Å². The van der Waals surface area contributed by atoms with Crippen molar-refractivity contribution in [3.63, 3.8) is 0 Å². The molecule has 7 nitrogen and oxygen atoms in total. The topological polar surface area (TPSA) is 84.4 Å². The molecule has 1 aromatic carbocycles. The quantitative estimate of drug-likeness (QED) is 0.628. The number of benzene rings is 1. The van der Waals surface area contributed by atoms with Crippen molar-refractivity contribution in [1.82, 2.24) is 4.90 Å². The van der Waals surface area contributed by atoms with E-state index < -0.39 is 23.5 Å². The number of carbonyl (C=O) groups is 2. The minimum absolute atomic E-state index is 0.0425. The molecule has 0 radical (unpaired) electrons. The molecule has 1 amide bonds. The molecule has 154 valence electrons. The molecule has 1 aromatic heterocycles. The van der Waals surface area contributed by atoms with Crippen LogP contribution in [0.2, 0.25) is 0 Å². The van der Waals surface area contributed by atoms with Crippen LogP contribution >= 0.6 is 0 Å². The summed E-state index contributed by atoms with van der Waals surface area (Å²) in [7, 11) is 3.97. The van der Waals surface area contributed by atoms with Gasteiger partial charge in [0.2, 0.25) is 5.78 Å². The predicted octanol–water partition coefficient (Wildman–Crippen LogP) is 1.79. The van der Waals surface area contributed by atoms with Crippen LogP contribution in [0, 0.1) is 0 Å². The number of hydrogen-bond donors (Lipinski definition) is 2. The normalized spacial score (nSPS) is 16.8. The van der Waals surface area contributed by atoms with E-state index >= 15 is 0 Å². The average molecular weight is 399 g/mol. The maximum Gasteiger partial charge on any atom is 0.290 e. The van der Waals surface area contributed by atoms with Crippen LogP contribution in [0.3, 0.4) is 0 Å². The smallest absolute Gasteiger partial charge is 0.290 e. The van der Waals surface area contributed by atoms with Crippen LogP contribution in [0.5, 0.6) is 5.75 Å². The highest BCUT2D eigenvalue weighted by atomic mass is 16.5. The van der Waals surface area contributed by atoms with Gasteiger partial charge in [0, 0.05) is 0 Å². The average Bonchev–Trinajstić information content (AvgIpc) is 3.33. The van der Waals surface area contributed by atoms with Gasteiger partial charge in [0.15, 0.2) is 11.5 Å². The summed E-state index contributed by atoms with van der Waals surface area (Å²) in [6.07, 6.45) is 2.29. The number of nitrogens with zero attached hydrogens (tertiary/aromatic N) is 1. The summed E-state index contributed by atoms with van der Waals surface area (Å²) >= 11 is 0. The first-order chi connectivity index (χ1) is 13.9.